The highest BCUT2D eigenvalue weighted by molar-refractivity contribution is 7.15. The molecular weight excluding hydrogens is 314 g/mol. The highest BCUT2D eigenvalue weighted by Crippen LogP contribution is 2.41. The predicted octanol–water partition coefficient (Wildman–Crippen LogP) is 3.33. The Balaban J connectivity index is 1.50. The van der Waals surface area contributed by atoms with Gasteiger partial charge in [0.1, 0.15) is 5.60 Å². The van der Waals surface area contributed by atoms with Crippen molar-refractivity contribution in [3.63, 3.8) is 0 Å². The van der Waals surface area contributed by atoms with Gasteiger partial charge in [0, 0.05) is 35.5 Å². The summed E-state index contributed by atoms with van der Waals surface area (Å²) in [6.07, 6.45) is 4.60. The van der Waals surface area contributed by atoms with Crippen LogP contribution in [-0.4, -0.2) is 21.0 Å². The smallest absolute Gasteiger partial charge is 0.194 e. The molecule has 22 heavy (non-hydrogen) atoms. The maximum absolute atomic E-state index is 10.6. The van der Waals surface area contributed by atoms with E-state index in [-0.39, 0.29) is 0 Å². The van der Waals surface area contributed by atoms with Gasteiger partial charge in [-0.15, -0.1) is 22.7 Å². The van der Waals surface area contributed by atoms with Gasteiger partial charge in [-0.2, -0.15) is 0 Å². The molecule has 2 N–H and O–H groups in total. The molecule has 1 saturated carbocycles. The van der Waals surface area contributed by atoms with Crippen LogP contribution in [0.25, 0.3) is 4.96 Å². The molecular formula is C16H19N3OS2. The van der Waals surface area contributed by atoms with E-state index in [0.29, 0.717) is 12.5 Å². The van der Waals surface area contributed by atoms with Gasteiger partial charge >= 0.3 is 0 Å². The number of rotatable bonds is 6. The van der Waals surface area contributed by atoms with Gasteiger partial charge in [0.15, 0.2) is 4.96 Å². The Bertz CT molecular complexity index is 769. The van der Waals surface area contributed by atoms with E-state index in [0.717, 1.165) is 16.4 Å². The molecule has 4 nitrogen and oxygen atoms in total. The average molecular weight is 333 g/mol. The predicted molar refractivity (Wildman–Crippen MR) is 90.6 cm³/mol. The molecule has 1 aliphatic rings. The number of fused-ring (bicyclic) bond motifs is 1. The van der Waals surface area contributed by atoms with Gasteiger partial charge in [-0.05, 0) is 31.2 Å². The molecule has 0 saturated heterocycles. The number of hydrogen-bond acceptors (Lipinski definition) is 5. The fourth-order valence-electron chi connectivity index (χ4n) is 2.81. The van der Waals surface area contributed by atoms with Crippen molar-refractivity contribution >= 4 is 27.6 Å². The van der Waals surface area contributed by atoms with Crippen LogP contribution < -0.4 is 5.32 Å². The SMILES string of the molecule is CC(O)(CNCc1c(C2CC2)nc2sccn12)c1cccs1. The summed E-state index contributed by atoms with van der Waals surface area (Å²) in [7, 11) is 0. The summed E-state index contributed by atoms with van der Waals surface area (Å²) in [5.41, 5.74) is 1.67. The van der Waals surface area contributed by atoms with Crippen molar-refractivity contribution in [1.82, 2.24) is 14.7 Å². The molecule has 1 fully saturated rings. The van der Waals surface area contributed by atoms with Crippen LogP contribution in [-0.2, 0) is 12.1 Å². The van der Waals surface area contributed by atoms with Crippen LogP contribution in [0.2, 0.25) is 0 Å². The Morgan fingerprint density at radius 1 is 1.41 bits per heavy atom. The summed E-state index contributed by atoms with van der Waals surface area (Å²) in [6.45, 7) is 3.14. The summed E-state index contributed by atoms with van der Waals surface area (Å²) in [6, 6.07) is 3.96. The third kappa shape index (κ3) is 2.60. The molecule has 3 aromatic rings. The van der Waals surface area contributed by atoms with E-state index < -0.39 is 5.60 Å². The normalized spacial score (nSPS) is 17.9. The lowest BCUT2D eigenvalue weighted by molar-refractivity contribution is 0.0603. The Morgan fingerprint density at radius 3 is 3.00 bits per heavy atom. The van der Waals surface area contributed by atoms with Gasteiger partial charge in [-0.25, -0.2) is 4.98 Å². The molecule has 6 heteroatoms. The quantitative estimate of drug-likeness (QED) is 0.727. The van der Waals surface area contributed by atoms with E-state index in [4.69, 9.17) is 4.98 Å². The van der Waals surface area contributed by atoms with Crippen molar-refractivity contribution < 1.29 is 5.11 Å². The molecule has 0 radical (unpaired) electrons. The summed E-state index contributed by atoms with van der Waals surface area (Å²) in [5, 5.41) is 18.1. The number of thiophene rings is 1. The first-order valence-corrected chi connectivity index (χ1v) is 9.32. The van der Waals surface area contributed by atoms with Crippen molar-refractivity contribution in [2.45, 2.75) is 37.8 Å². The summed E-state index contributed by atoms with van der Waals surface area (Å²) in [5.74, 6) is 0.640. The second-order valence-electron chi connectivity index (χ2n) is 6.13. The van der Waals surface area contributed by atoms with E-state index in [1.165, 1.54) is 24.2 Å². The van der Waals surface area contributed by atoms with Crippen LogP contribution in [0.15, 0.2) is 29.1 Å². The van der Waals surface area contributed by atoms with Crippen molar-refractivity contribution in [3.8, 4) is 0 Å². The van der Waals surface area contributed by atoms with Gasteiger partial charge < -0.3 is 10.4 Å². The fourth-order valence-corrected chi connectivity index (χ4v) is 4.33. The first-order chi connectivity index (χ1) is 10.6. The largest absolute Gasteiger partial charge is 0.383 e. The van der Waals surface area contributed by atoms with Gasteiger partial charge in [-0.1, -0.05) is 6.07 Å². The molecule has 1 atom stereocenters. The molecule has 0 aromatic carbocycles. The zero-order chi connectivity index (χ0) is 15.2. The third-order valence-corrected chi connectivity index (χ3v) is 6.05. The second kappa shape index (κ2) is 5.45. The number of aliphatic hydroxyl groups is 1. The number of thiazole rings is 1. The van der Waals surface area contributed by atoms with Crippen molar-refractivity contribution in [1.29, 1.82) is 0 Å². The van der Waals surface area contributed by atoms with E-state index in [2.05, 4.69) is 21.3 Å². The van der Waals surface area contributed by atoms with E-state index in [9.17, 15) is 5.11 Å². The van der Waals surface area contributed by atoms with E-state index in [1.54, 1.807) is 22.7 Å². The van der Waals surface area contributed by atoms with Crippen LogP contribution in [0.3, 0.4) is 0 Å². The number of nitrogens with zero attached hydrogens (tertiary/aromatic N) is 2. The first-order valence-electron chi connectivity index (χ1n) is 7.56. The van der Waals surface area contributed by atoms with Crippen molar-refractivity contribution in [2.75, 3.05) is 6.54 Å². The minimum atomic E-state index is -0.827. The highest BCUT2D eigenvalue weighted by Gasteiger charge is 2.30. The minimum Gasteiger partial charge on any atom is -0.383 e. The topological polar surface area (TPSA) is 49.6 Å². The Labute approximate surface area is 137 Å². The first kappa shape index (κ1) is 14.4. The molecule has 116 valence electrons. The van der Waals surface area contributed by atoms with Gasteiger partial charge in [0.25, 0.3) is 0 Å². The van der Waals surface area contributed by atoms with Crippen LogP contribution in [0.4, 0.5) is 0 Å². The molecule has 0 amide bonds. The number of imidazole rings is 1. The Morgan fingerprint density at radius 2 is 2.27 bits per heavy atom. The summed E-state index contributed by atoms with van der Waals surface area (Å²) >= 11 is 3.27. The van der Waals surface area contributed by atoms with E-state index in [1.807, 2.05) is 24.4 Å². The van der Waals surface area contributed by atoms with Crippen molar-refractivity contribution in [3.05, 3.63) is 45.4 Å². The minimum absolute atomic E-state index is 0.537. The van der Waals surface area contributed by atoms with E-state index >= 15 is 0 Å². The Kier molecular flexibility index (Phi) is 3.57. The maximum atomic E-state index is 10.6. The van der Waals surface area contributed by atoms with Crippen LogP contribution >= 0.6 is 22.7 Å². The molecule has 3 heterocycles. The van der Waals surface area contributed by atoms with Gasteiger partial charge in [0.05, 0.1) is 11.4 Å². The van der Waals surface area contributed by atoms with Gasteiger partial charge in [-0.3, -0.25) is 4.40 Å². The van der Waals surface area contributed by atoms with Crippen LogP contribution in [0, 0.1) is 0 Å². The number of hydrogen-bond donors (Lipinski definition) is 2. The Hall–Kier alpha value is -1.21. The summed E-state index contributed by atoms with van der Waals surface area (Å²) < 4.78 is 2.19. The third-order valence-electron chi connectivity index (χ3n) is 4.17. The summed E-state index contributed by atoms with van der Waals surface area (Å²) in [4.78, 5) is 6.85. The number of aromatic nitrogens is 2. The van der Waals surface area contributed by atoms with Crippen molar-refractivity contribution in [2.24, 2.45) is 0 Å². The lowest BCUT2D eigenvalue weighted by Crippen LogP contribution is -2.34. The molecule has 1 aliphatic carbocycles. The number of nitrogens with one attached hydrogen (secondary N) is 1. The lowest BCUT2D eigenvalue weighted by atomic mass is 10.1. The lowest BCUT2D eigenvalue weighted by Gasteiger charge is -2.22. The van der Waals surface area contributed by atoms with Gasteiger partial charge in [0.2, 0.25) is 0 Å². The monoisotopic (exact) mass is 333 g/mol. The molecule has 0 bridgehead atoms. The maximum Gasteiger partial charge on any atom is 0.194 e. The molecule has 3 aromatic heterocycles. The van der Waals surface area contributed by atoms with Crippen LogP contribution in [0.1, 0.15) is 41.9 Å². The molecule has 0 aliphatic heterocycles. The average Bonchev–Trinajstić information content (AvgIpc) is 2.94. The highest BCUT2D eigenvalue weighted by atomic mass is 32.1. The molecule has 0 spiro atoms. The zero-order valence-electron chi connectivity index (χ0n) is 12.5. The zero-order valence-corrected chi connectivity index (χ0v) is 14.1. The molecule has 1 unspecified atom stereocenters. The standard InChI is InChI=1S/C16H19N3OS2/c1-16(20,13-3-2-7-21-13)10-17-9-12-14(11-4-5-11)18-15-19(12)6-8-22-15/h2-3,6-8,11,17,20H,4-5,9-10H2,1H3. The fraction of sp³-hybridized carbons (Fsp3) is 0.438. The second-order valence-corrected chi connectivity index (χ2v) is 7.95. The van der Waals surface area contributed by atoms with Crippen LogP contribution in [0.5, 0.6) is 0 Å². The molecule has 4 rings (SSSR count).